The summed E-state index contributed by atoms with van der Waals surface area (Å²) in [5.74, 6) is -0.670. The van der Waals surface area contributed by atoms with Gasteiger partial charge in [-0.2, -0.15) is 10.5 Å². The molecule has 1 aliphatic rings. The van der Waals surface area contributed by atoms with Crippen molar-refractivity contribution in [3.63, 3.8) is 0 Å². The second-order valence-electron chi connectivity index (χ2n) is 11.0. The van der Waals surface area contributed by atoms with Crippen LogP contribution in [0.5, 0.6) is 0 Å². The predicted octanol–water partition coefficient (Wildman–Crippen LogP) is 7.92. The minimum absolute atomic E-state index is 0.328. The van der Waals surface area contributed by atoms with Crippen LogP contribution in [-0.2, 0) is 0 Å². The maximum Gasteiger partial charge on any atom is 0.268 e. The third kappa shape index (κ3) is 3.85. The molecule has 6 aromatic rings. The van der Waals surface area contributed by atoms with Crippen molar-refractivity contribution in [1.82, 2.24) is 4.57 Å². The van der Waals surface area contributed by atoms with Crippen LogP contribution in [0.4, 0.5) is 5.69 Å². The average Bonchev–Trinajstić information content (AvgIpc) is 3.47. The first-order valence-corrected chi connectivity index (χ1v) is 13.9. The fourth-order valence-electron chi connectivity index (χ4n) is 6.52. The van der Waals surface area contributed by atoms with Gasteiger partial charge >= 0.3 is 0 Å². The van der Waals surface area contributed by atoms with E-state index in [1.165, 1.54) is 4.90 Å². The molecular formula is C37H24N4O2. The van der Waals surface area contributed by atoms with E-state index in [2.05, 4.69) is 12.1 Å². The molecule has 0 saturated heterocycles. The van der Waals surface area contributed by atoms with E-state index in [9.17, 15) is 20.1 Å². The number of benzene rings is 5. The summed E-state index contributed by atoms with van der Waals surface area (Å²) in [7, 11) is 0. The number of rotatable bonds is 3. The Morgan fingerprint density at radius 3 is 2.00 bits per heavy atom. The van der Waals surface area contributed by atoms with E-state index < -0.39 is 0 Å². The number of anilines is 1. The molecule has 0 unspecified atom stereocenters. The number of aryl methyl sites for hydroxylation is 3. The third-order valence-corrected chi connectivity index (χ3v) is 8.19. The van der Waals surface area contributed by atoms with Crippen molar-refractivity contribution in [3.8, 4) is 29.0 Å². The van der Waals surface area contributed by atoms with Crippen molar-refractivity contribution in [2.75, 3.05) is 4.90 Å². The van der Waals surface area contributed by atoms with Crippen LogP contribution in [0.2, 0.25) is 0 Å². The highest BCUT2D eigenvalue weighted by Gasteiger charge is 2.40. The summed E-state index contributed by atoms with van der Waals surface area (Å²) < 4.78 is 2.04. The van der Waals surface area contributed by atoms with E-state index in [0.29, 0.717) is 33.6 Å². The molecule has 0 saturated carbocycles. The van der Waals surface area contributed by atoms with E-state index >= 15 is 0 Å². The number of hydrogen-bond acceptors (Lipinski definition) is 4. The molecule has 0 bridgehead atoms. The van der Waals surface area contributed by atoms with Gasteiger partial charge in [0.25, 0.3) is 11.8 Å². The molecular weight excluding hydrogens is 532 g/mol. The Balaban J connectivity index is 1.45. The number of carbonyl (C=O) groups is 2. The number of aromatic nitrogens is 1. The lowest BCUT2D eigenvalue weighted by molar-refractivity contribution is 0.0925. The lowest BCUT2D eigenvalue weighted by Gasteiger charge is -2.20. The van der Waals surface area contributed by atoms with E-state index in [1.807, 2.05) is 92.1 Å². The van der Waals surface area contributed by atoms with Gasteiger partial charge in [-0.3, -0.25) is 9.59 Å². The molecule has 0 atom stereocenters. The second kappa shape index (κ2) is 9.55. The highest BCUT2D eigenvalue weighted by Crippen LogP contribution is 2.40. The van der Waals surface area contributed by atoms with Gasteiger partial charge in [0, 0.05) is 10.8 Å². The zero-order chi connectivity index (χ0) is 30.0. The van der Waals surface area contributed by atoms with Gasteiger partial charge in [0.1, 0.15) is 0 Å². The second-order valence-corrected chi connectivity index (χ2v) is 11.0. The molecule has 0 fully saturated rings. The normalized spacial score (nSPS) is 12.5. The molecule has 6 nitrogen and oxygen atoms in total. The summed E-state index contributed by atoms with van der Waals surface area (Å²) >= 11 is 0. The van der Waals surface area contributed by atoms with Crippen LogP contribution in [0, 0.1) is 43.4 Å². The Labute approximate surface area is 248 Å². The Hall–Kier alpha value is -5.98. The van der Waals surface area contributed by atoms with Crippen molar-refractivity contribution in [2.24, 2.45) is 0 Å². The van der Waals surface area contributed by atoms with Crippen LogP contribution in [0.15, 0.2) is 91.0 Å². The van der Waals surface area contributed by atoms with Gasteiger partial charge in [-0.1, -0.05) is 48.0 Å². The summed E-state index contributed by atoms with van der Waals surface area (Å²) in [6.45, 7) is 5.85. The number of hydrogen-bond donors (Lipinski definition) is 0. The first-order chi connectivity index (χ1) is 20.8. The molecule has 0 aliphatic carbocycles. The Morgan fingerprint density at radius 2 is 1.30 bits per heavy atom. The number of carbonyl (C=O) groups excluding carboxylic acids is 2. The highest BCUT2D eigenvalue weighted by molar-refractivity contribution is 6.36. The number of nitrogens with zero attached hydrogens (tertiary/aromatic N) is 4. The molecule has 0 spiro atoms. The van der Waals surface area contributed by atoms with Gasteiger partial charge in [-0.05, 0) is 91.6 Å². The van der Waals surface area contributed by atoms with Crippen LogP contribution in [0.1, 0.15) is 48.5 Å². The molecule has 2 amide bonds. The number of amides is 2. The van der Waals surface area contributed by atoms with Gasteiger partial charge in [0.2, 0.25) is 0 Å². The standard InChI is InChI=1S/C37H24N4O2/c1-21-13-22(2)35(23(3)14-21)41-36(42)29-8-6-10-33(34(29)37(41)43)40-31-9-5-4-7-28(31)30-18-26(11-12-32(30)40)27-16-24(19-38)15-25(17-27)20-39/h4-18H,1-3H3. The lowest BCUT2D eigenvalue weighted by Crippen LogP contribution is -2.31. The first-order valence-electron chi connectivity index (χ1n) is 13.9. The van der Waals surface area contributed by atoms with Gasteiger partial charge < -0.3 is 4.57 Å². The van der Waals surface area contributed by atoms with Gasteiger partial charge in [-0.25, -0.2) is 4.90 Å². The van der Waals surface area contributed by atoms with Crippen molar-refractivity contribution in [3.05, 3.63) is 130 Å². The number of para-hydroxylation sites is 1. The van der Waals surface area contributed by atoms with E-state index in [4.69, 9.17) is 0 Å². The van der Waals surface area contributed by atoms with Crippen molar-refractivity contribution >= 4 is 39.3 Å². The average molecular weight is 557 g/mol. The lowest BCUT2D eigenvalue weighted by atomic mass is 9.99. The quantitative estimate of drug-likeness (QED) is 0.207. The van der Waals surface area contributed by atoms with Crippen LogP contribution < -0.4 is 4.90 Å². The molecule has 0 radical (unpaired) electrons. The van der Waals surface area contributed by atoms with E-state index in [1.54, 1.807) is 24.3 Å². The summed E-state index contributed by atoms with van der Waals surface area (Å²) in [6, 6.07) is 32.8. The maximum absolute atomic E-state index is 14.2. The highest BCUT2D eigenvalue weighted by atomic mass is 16.2. The minimum atomic E-state index is -0.342. The molecule has 7 rings (SSSR count). The molecule has 1 aromatic heterocycles. The number of nitriles is 2. The summed E-state index contributed by atoms with van der Waals surface area (Å²) in [5, 5.41) is 20.9. The molecule has 5 aromatic carbocycles. The number of fused-ring (bicyclic) bond motifs is 4. The summed E-state index contributed by atoms with van der Waals surface area (Å²) in [4.78, 5) is 29.3. The third-order valence-electron chi connectivity index (χ3n) is 8.19. The van der Waals surface area contributed by atoms with Gasteiger partial charge in [-0.15, -0.1) is 0 Å². The van der Waals surface area contributed by atoms with Crippen molar-refractivity contribution < 1.29 is 9.59 Å². The zero-order valence-corrected chi connectivity index (χ0v) is 23.8. The first kappa shape index (κ1) is 26.0. The Bertz CT molecular complexity index is 2240. The topological polar surface area (TPSA) is 89.9 Å². The minimum Gasteiger partial charge on any atom is -0.308 e. The monoisotopic (exact) mass is 556 g/mol. The Morgan fingerprint density at radius 1 is 0.628 bits per heavy atom. The summed E-state index contributed by atoms with van der Waals surface area (Å²) in [5.41, 5.74) is 9.08. The smallest absolute Gasteiger partial charge is 0.268 e. The van der Waals surface area contributed by atoms with Crippen LogP contribution >= 0.6 is 0 Å². The molecule has 204 valence electrons. The fourth-order valence-corrected chi connectivity index (χ4v) is 6.52. The molecule has 43 heavy (non-hydrogen) atoms. The van der Waals surface area contributed by atoms with Crippen LogP contribution in [0.25, 0.3) is 38.6 Å². The fraction of sp³-hybridized carbons (Fsp3) is 0.0811. The molecule has 6 heteroatoms. The number of imide groups is 1. The van der Waals surface area contributed by atoms with E-state index in [-0.39, 0.29) is 11.8 Å². The Kier molecular flexibility index (Phi) is 5.76. The molecule has 2 heterocycles. The predicted molar refractivity (Wildman–Crippen MR) is 167 cm³/mol. The SMILES string of the molecule is Cc1cc(C)c(N2C(=O)c3cccc(-n4c5ccccc5c5cc(-c6cc(C#N)cc(C#N)c6)ccc54)c3C2=O)c(C)c1. The van der Waals surface area contributed by atoms with Crippen molar-refractivity contribution in [1.29, 1.82) is 10.5 Å². The molecule has 1 aliphatic heterocycles. The zero-order valence-electron chi connectivity index (χ0n) is 23.8. The van der Waals surface area contributed by atoms with Gasteiger partial charge in [0.05, 0.1) is 56.8 Å². The molecule has 0 N–H and O–H groups in total. The van der Waals surface area contributed by atoms with E-state index in [0.717, 1.165) is 49.6 Å². The largest absolute Gasteiger partial charge is 0.308 e. The maximum atomic E-state index is 14.2. The summed E-state index contributed by atoms with van der Waals surface area (Å²) in [6.07, 6.45) is 0. The van der Waals surface area contributed by atoms with Crippen LogP contribution in [0.3, 0.4) is 0 Å². The van der Waals surface area contributed by atoms with Crippen LogP contribution in [-0.4, -0.2) is 16.4 Å². The van der Waals surface area contributed by atoms with Crippen molar-refractivity contribution in [2.45, 2.75) is 20.8 Å². The van der Waals surface area contributed by atoms with Gasteiger partial charge in [0.15, 0.2) is 0 Å².